The molecule has 6 nitrogen and oxygen atoms in total. The van der Waals surface area contributed by atoms with Crippen LogP contribution in [0.4, 0.5) is 0 Å². The van der Waals surface area contributed by atoms with Gasteiger partial charge in [0, 0.05) is 55.5 Å². The van der Waals surface area contributed by atoms with Crippen LogP contribution in [0.15, 0.2) is 66.9 Å². The summed E-state index contributed by atoms with van der Waals surface area (Å²) in [7, 11) is 0. The molecule has 6 heteroatoms. The van der Waals surface area contributed by atoms with E-state index in [2.05, 4.69) is 43.3 Å². The Morgan fingerprint density at radius 2 is 1.62 bits per heavy atom. The first-order valence-corrected chi connectivity index (χ1v) is 12.0. The average molecular weight is 455 g/mol. The summed E-state index contributed by atoms with van der Waals surface area (Å²) in [5.41, 5.74) is 5.16. The number of hydrogen-bond donors (Lipinski definition) is 0. The van der Waals surface area contributed by atoms with Crippen molar-refractivity contribution in [2.24, 2.45) is 5.92 Å². The number of aromatic nitrogens is 2. The van der Waals surface area contributed by atoms with E-state index in [0.717, 1.165) is 29.7 Å². The zero-order valence-electron chi connectivity index (χ0n) is 19.6. The van der Waals surface area contributed by atoms with Gasteiger partial charge in [-0.25, -0.2) is 0 Å². The molecule has 1 aromatic heterocycles. The summed E-state index contributed by atoms with van der Waals surface area (Å²) < 4.78 is 1.93. The molecule has 1 saturated heterocycles. The van der Waals surface area contributed by atoms with Gasteiger partial charge in [-0.05, 0) is 31.4 Å². The Morgan fingerprint density at radius 1 is 0.941 bits per heavy atom. The lowest BCUT2D eigenvalue weighted by molar-refractivity contribution is -0.138. The molecule has 2 fully saturated rings. The van der Waals surface area contributed by atoms with Gasteiger partial charge in [-0.3, -0.25) is 14.3 Å². The molecule has 0 N–H and O–H groups in total. The fourth-order valence-electron chi connectivity index (χ4n) is 4.35. The van der Waals surface area contributed by atoms with Crippen molar-refractivity contribution in [1.29, 1.82) is 0 Å². The molecule has 174 valence electrons. The Bertz CT molecular complexity index is 1180. The van der Waals surface area contributed by atoms with Crippen LogP contribution in [-0.2, 0) is 16.1 Å². The highest BCUT2D eigenvalue weighted by Gasteiger charge is 2.34. The first-order chi connectivity index (χ1) is 16.6. The highest BCUT2D eigenvalue weighted by molar-refractivity contribution is 5.93. The molecule has 0 radical (unpaired) electrons. The van der Waals surface area contributed by atoms with Crippen molar-refractivity contribution in [3.05, 3.63) is 83.6 Å². The minimum Gasteiger partial charge on any atom is -0.339 e. The number of piperazine rings is 1. The van der Waals surface area contributed by atoms with E-state index in [4.69, 9.17) is 5.10 Å². The predicted molar refractivity (Wildman–Crippen MR) is 133 cm³/mol. The monoisotopic (exact) mass is 454 g/mol. The Labute approximate surface area is 200 Å². The van der Waals surface area contributed by atoms with Crippen molar-refractivity contribution in [1.82, 2.24) is 19.6 Å². The largest absolute Gasteiger partial charge is 0.339 e. The lowest BCUT2D eigenvalue weighted by Gasteiger charge is -2.34. The lowest BCUT2D eigenvalue weighted by Crippen LogP contribution is -2.50. The predicted octanol–water partition coefficient (Wildman–Crippen LogP) is 4.00. The molecule has 2 heterocycles. The van der Waals surface area contributed by atoms with Crippen LogP contribution in [0.1, 0.15) is 29.5 Å². The van der Waals surface area contributed by atoms with Crippen molar-refractivity contribution in [2.75, 3.05) is 26.2 Å². The Kier molecular flexibility index (Phi) is 6.30. The van der Waals surface area contributed by atoms with E-state index in [1.165, 1.54) is 11.1 Å². The van der Waals surface area contributed by atoms with Gasteiger partial charge in [0.25, 0.3) is 0 Å². The summed E-state index contributed by atoms with van der Waals surface area (Å²) in [4.78, 5) is 28.9. The summed E-state index contributed by atoms with van der Waals surface area (Å²) in [5, 5.41) is 4.84. The van der Waals surface area contributed by atoms with E-state index >= 15 is 0 Å². The molecular weight excluding hydrogens is 424 g/mol. The molecule has 2 amide bonds. The van der Waals surface area contributed by atoms with Crippen molar-refractivity contribution in [3.63, 3.8) is 0 Å². The summed E-state index contributed by atoms with van der Waals surface area (Å²) in [5.74, 6) is 0.468. The smallest absolute Gasteiger partial charge is 0.246 e. The van der Waals surface area contributed by atoms with Crippen LogP contribution >= 0.6 is 0 Å². The summed E-state index contributed by atoms with van der Waals surface area (Å²) in [6.07, 6.45) is 7.54. The Morgan fingerprint density at radius 3 is 2.29 bits per heavy atom. The minimum absolute atomic E-state index is 0.0239. The molecule has 0 spiro atoms. The molecule has 2 aromatic carbocycles. The van der Waals surface area contributed by atoms with Gasteiger partial charge < -0.3 is 9.80 Å². The van der Waals surface area contributed by atoms with Crippen molar-refractivity contribution in [2.45, 2.75) is 26.3 Å². The average Bonchev–Trinajstić information content (AvgIpc) is 3.64. The molecular formula is C28H30N4O2. The second-order valence-electron chi connectivity index (χ2n) is 9.24. The molecule has 0 bridgehead atoms. The Hall–Kier alpha value is -3.67. The lowest BCUT2D eigenvalue weighted by atomic mass is 10.1. The minimum atomic E-state index is -0.0239. The van der Waals surface area contributed by atoms with E-state index in [9.17, 15) is 9.59 Å². The fourth-order valence-corrected chi connectivity index (χ4v) is 4.35. The van der Waals surface area contributed by atoms with Gasteiger partial charge in [0.1, 0.15) is 0 Å². The second-order valence-corrected chi connectivity index (χ2v) is 9.24. The van der Waals surface area contributed by atoms with E-state index in [0.29, 0.717) is 32.7 Å². The third kappa shape index (κ3) is 5.11. The molecule has 1 aliphatic carbocycles. The van der Waals surface area contributed by atoms with Crippen molar-refractivity contribution >= 4 is 17.9 Å². The maximum Gasteiger partial charge on any atom is 0.246 e. The van der Waals surface area contributed by atoms with Crippen LogP contribution in [0.5, 0.6) is 0 Å². The van der Waals surface area contributed by atoms with Crippen molar-refractivity contribution < 1.29 is 9.59 Å². The van der Waals surface area contributed by atoms with E-state index < -0.39 is 0 Å². The second kappa shape index (κ2) is 9.67. The number of amides is 2. The van der Waals surface area contributed by atoms with Gasteiger partial charge >= 0.3 is 0 Å². The number of rotatable bonds is 6. The standard InChI is InChI=1S/C28H30N4O2/c1-21-7-9-23(10-8-21)27-25(20-32(29-27)19-22-5-3-2-4-6-22)13-14-26(33)30-15-17-31(18-16-30)28(34)24-11-12-24/h2-10,13-14,20,24H,11-12,15-19H2,1H3/b14-13+. The summed E-state index contributed by atoms with van der Waals surface area (Å²) >= 11 is 0. The van der Waals surface area contributed by atoms with Crippen LogP contribution in [0.2, 0.25) is 0 Å². The summed E-state index contributed by atoms with van der Waals surface area (Å²) in [6, 6.07) is 18.5. The first-order valence-electron chi connectivity index (χ1n) is 12.0. The fraction of sp³-hybridized carbons (Fsp3) is 0.321. The third-order valence-electron chi connectivity index (χ3n) is 6.54. The number of carbonyl (C=O) groups excluding carboxylic acids is 2. The maximum absolute atomic E-state index is 12.9. The van der Waals surface area contributed by atoms with E-state index in [1.807, 2.05) is 45.0 Å². The maximum atomic E-state index is 12.9. The highest BCUT2D eigenvalue weighted by atomic mass is 16.2. The van der Waals surface area contributed by atoms with Gasteiger partial charge in [-0.15, -0.1) is 0 Å². The third-order valence-corrected chi connectivity index (χ3v) is 6.54. The molecule has 1 aliphatic heterocycles. The van der Waals surface area contributed by atoms with Crippen LogP contribution < -0.4 is 0 Å². The van der Waals surface area contributed by atoms with Crippen molar-refractivity contribution in [3.8, 4) is 11.3 Å². The molecule has 5 rings (SSSR count). The van der Waals surface area contributed by atoms with Crippen LogP contribution in [-0.4, -0.2) is 57.6 Å². The summed E-state index contributed by atoms with van der Waals surface area (Å²) in [6.45, 7) is 5.14. The molecule has 1 saturated carbocycles. The SMILES string of the molecule is Cc1ccc(-c2nn(Cc3ccccc3)cc2/C=C/C(=O)N2CCN(C(=O)C3CC3)CC2)cc1. The molecule has 0 unspecified atom stereocenters. The van der Waals surface area contributed by atoms with Crippen LogP contribution in [0.25, 0.3) is 17.3 Å². The van der Waals surface area contributed by atoms with Gasteiger partial charge in [0.15, 0.2) is 0 Å². The topological polar surface area (TPSA) is 58.4 Å². The number of aryl methyl sites for hydroxylation is 1. The zero-order chi connectivity index (χ0) is 23.5. The molecule has 34 heavy (non-hydrogen) atoms. The van der Waals surface area contributed by atoms with Crippen LogP contribution in [0.3, 0.4) is 0 Å². The number of benzene rings is 2. The van der Waals surface area contributed by atoms with Gasteiger partial charge in [0.2, 0.25) is 11.8 Å². The molecule has 3 aromatic rings. The Balaban J connectivity index is 1.31. The van der Waals surface area contributed by atoms with E-state index in [-0.39, 0.29) is 17.7 Å². The first kappa shape index (κ1) is 22.1. The highest BCUT2D eigenvalue weighted by Crippen LogP contribution is 2.31. The molecule has 0 atom stereocenters. The zero-order valence-corrected chi connectivity index (χ0v) is 19.6. The normalized spacial score (nSPS) is 16.3. The molecule has 2 aliphatic rings. The number of nitrogens with zero attached hydrogens (tertiary/aromatic N) is 4. The van der Waals surface area contributed by atoms with Gasteiger partial charge in [-0.1, -0.05) is 60.2 Å². The number of carbonyl (C=O) groups is 2. The number of hydrogen-bond acceptors (Lipinski definition) is 3. The quantitative estimate of drug-likeness (QED) is 0.529. The van der Waals surface area contributed by atoms with Gasteiger partial charge in [0.05, 0.1) is 12.2 Å². The van der Waals surface area contributed by atoms with Crippen LogP contribution in [0, 0.1) is 12.8 Å². The van der Waals surface area contributed by atoms with Gasteiger partial charge in [-0.2, -0.15) is 5.10 Å². The van der Waals surface area contributed by atoms with E-state index in [1.54, 1.807) is 6.08 Å².